The third-order valence-corrected chi connectivity index (χ3v) is 8.38. The lowest BCUT2D eigenvalue weighted by Gasteiger charge is -2.38. The molecule has 1 saturated heterocycles. The van der Waals surface area contributed by atoms with Gasteiger partial charge in [-0.2, -0.15) is 0 Å². The summed E-state index contributed by atoms with van der Waals surface area (Å²) < 4.78 is 0.939. The van der Waals surface area contributed by atoms with Crippen molar-refractivity contribution in [3.8, 4) is 0 Å². The summed E-state index contributed by atoms with van der Waals surface area (Å²) in [5, 5.41) is 1.77. The SMILES string of the molecule is CCCCN1C(=O)c2cccc3c(N4CCN(C(=S)SCc5ccccc5)CC4)ccc(c23)C1=O. The zero-order chi connectivity index (χ0) is 24.4. The number of anilines is 1. The molecule has 0 spiro atoms. The Morgan fingerprint density at radius 3 is 2.31 bits per heavy atom. The summed E-state index contributed by atoms with van der Waals surface area (Å²) in [6.45, 7) is 5.92. The predicted molar refractivity (Wildman–Crippen MR) is 148 cm³/mol. The maximum Gasteiger partial charge on any atom is 0.261 e. The maximum atomic E-state index is 13.2. The van der Waals surface area contributed by atoms with E-state index in [2.05, 4.69) is 41.0 Å². The second kappa shape index (κ2) is 10.4. The summed E-state index contributed by atoms with van der Waals surface area (Å²) in [7, 11) is 0. The molecular weight excluding hydrogens is 474 g/mol. The van der Waals surface area contributed by atoms with Crippen LogP contribution in [0.1, 0.15) is 46.0 Å². The van der Waals surface area contributed by atoms with Gasteiger partial charge in [-0.05, 0) is 30.2 Å². The largest absolute Gasteiger partial charge is 0.367 e. The van der Waals surface area contributed by atoms with Crippen LogP contribution in [0.3, 0.4) is 0 Å². The van der Waals surface area contributed by atoms with Crippen molar-refractivity contribution in [3.63, 3.8) is 0 Å². The number of carbonyl (C=O) groups excluding carboxylic acids is 2. The van der Waals surface area contributed by atoms with E-state index in [0.29, 0.717) is 17.7 Å². The van der Waals surface area contributed by atoms with E-state index >= 15 is 0 Å². The number of hydrogen-bond donors (Lipinski definition) is 0. The summed E-state index contributed by atoms with van der Waals surface area (Å²) >= 11 is 7.44. The molecule has 0 aromatic heterocycles. The number of thiocarbonyl (C=S) groups is 1. The lowest BCUT2D eigenvalue weighted by molar-refractivity contribution is 0.0608. The summed E-state index contributed by atoms with van der Waals surface area (Å²) in [6, 6.07) is 20.2. The summed E-state index contributed by atoms with van der Waals surface area (Å²) in [6.07, 6.45) is 1.75. The smallest absolute Gasteiger partial charge is 0.261 e. The highest BCUT2D eigenvalue weighted by Crippen LogP contribution is 2.36. The van der Waals surface area contributed by atoms with Gasteiger partial charge < -0.3 is 9.80 Å². The normalized spacial score (nSPS) is 15.7. The lowest BCUT2D eigenvalue weighted by atomic mass is 9.92. The Kier molecular flexibility index (Phi) is 7.07. The van der Waals surface area contributed by atoms with Crippen LogP contribution in [0.5, 0.6) is 0 Å². The summed E-state index contributed by atoms with van der Waals surface area (Å²) in [5.41, 5.74) is 3.62. The Hall–Kier alpha value is -2.90. The van der Waals surface area contributed by atoms with Crippen LogP contribution in [-0.2, 0) is 5.75 Å². The molecule has 1 fully saturated rings. The fourth-order valence-electron chi connectivity index (χ4n) is 4.87. The highest BCUT2D eigenvalue weighted by atomic mass is 32.2. The van der Waals surface area contributed by atoms with Crippen LogP contribution in [-0.4, -0.2) is 58.7 Å². The number of rotatable bonds is 6. The van der Waals surface area contributed by atoms with Gasteiger partial charge in [-0.25, -0.2) is 0 Å². The zero-order valence-electron chi connectivity index (χ0n) is 19.9. The van der Waals surface area contributed by atoms with Gasteiger partial charge in [-0.15, -0.1) is 0 Å². The van der Waals surface area contributed by atoms with Crippen LogP contribution in [0.2, 0.25) is 0 Å². The Bertz CT molecular complexity index is 1250. The molecule has 35 heavy (non-hydrogen) atoms. The molecule has 0 aliphatic carbocycles. The second-order valence-corrected chi connectivity index (χ2v) is 10.6. The van der Waals surface area contributed by atoms with Crippen molar-refractivity contribution in [2.45, 2.75) is 25.5 Å². The molecule has 7 heteroatoms. The van der Waals surface area contributed by atoms with Gasteiger partial charge in [-0.1, -0.05) is 79.8 Å². The molecule has 2 aliphatic heterocycles. The van der Waals surface area contributed by atoms with E-state index in [1.54, 1.807) is 11.8 Å². The van der Waals surface area contributed by atoms with Crippen LogP contribution in [0.15, 0.2) is 60.7 Å². The average molecular weight is 504 g/mol. The molecule has 3 aromatic carbocycles. The van der Waals surface area contributed by atoms with Gasteiger partial charge in [0.2, 0.25) is 0 Å². The van der Waals surface area contributed by atoms with Gasteiger partial charge in [0, 0.05) is 66.1 Å². The molecule has 0 saturated carbocycles. The molecule has 0 bridgehead atoms. The highest BCUT2D eigenvalue weighted by Gasteiger charge is 2.33. The molecule has 2 heterocycles. The molecular formula is C28H29N3O2S2. The van der Waals surface area contributed by atoms with Crippen molar-refractivity contribution in [1.82, 2.24) is 9.80 Å². The number of imide groups is 1. The molecule has 2 amide bonds. The van der Waals surface area contributed by atoms with Crippen LogP contribution < -0.4 is 4.90 Å². The van der Waals surface area contributed by atoms with E-state index < -0.39 is 0 Å². The van der Waals surface area contributed by atoms with Crippen LogP contribution >= 0.6 is 24.0 Å². The fourth-order valence-corrected chi connectivity index (χ4v) is 6.07. The van der Waals surface area contributed by atoms with Crippen molar-refractivity contribution >= 4 is 56.6 Å². The van der Waals surface area contributed by atoms with E-state index in [1.165, 1.54) is 10.5 Å². The topological polar surface area (TPSA) is 43.9 Å². The third-order valence-electron chi connectivity index (χ3n) is 6.79. The first-order chi connectivity index (χ1) is 17.1. The highest BCUT2D eigenvalue weighted by molar-refractivity contribution is 8.22. The van der Waals surface area contributed by atoms with Gasteiger partial charge in [-0.3, -0.25) is 14.5 Å². The van der Waals surface area contributed by atoms with Gasteiger partial charge in [0.15, 0.2) is 0 Å². The molecule has 0 N–H and O–H groups in total. The van der Waals surface area contributed by atoms with E-state index in [1.807, 2.05) is 36.4 Å². The Balaban J connectivity index is 1.32. The number of unbranched alkanes of at least 4 members (excludes halogenated alkanes) is 1. The summed E-state index contributed by atoms with van der Waals surface area (Å²) in [5.74, 6) is 0.528. The van der Waals surface area contributed by atoms with Crippen molar-refractivity contribution in [2.75, 3.05) is 37.6 Å². The summed E-state index contributed by atoms with van der Waals surface area (Å²) in [4.78, 5) is 32.4. The van der Waals surface area contributed by atoms with Crippen LogP contribution in [0, 0.1) is 0 Å². The van der Waals surface area contributed by atoms with Crippen molar-refractivity contribution in [2.24, 2.45) is 0 Å². The van der Waals surface area contributed by atoms with Gasteiger partial charge in [0.05, 0.1) is 0 Å². The second-order valence-electron chi connectivity index (χ2n) is 8.99. The first kappa shape index (κ1) is 23.8. The van der Waals surface area contributed by atoms with Crippen molar-refractivity contribution in [3.05, 3.63) is 77.4 Å². The quantitative estimate of drug-likeness (QED) is 0.323. The zero-order valence-corrected chi connectivity index (χ0v) is 21.5. The Morgan fingerprint density at radius 2 is 1.60 bits per heavy atom. The molecule has 2 aliphatic rings. The predicted octanol–water partition coefficient (Wildman–Crippen LogP) is 5.58. The van der Waals surface area contributed by atoms with Crippen molar-refractivity contribution < 1.29 is 9.59 Å². The van der Waals surface area contributed by atoms with Gasteiger partial charge in [0.25, 0.3) is 11.8 Å². The molecule has 5 rings (SSSR count). The minimum absolute atomic E-state index is 0.177. The number of amides is 2. The third kappa shape index (κ3) is 4.67. The van der Waals surface area contributed by atoms with E-state index in [4.69, 9.17) is 12.2 Å². The van der Waals surface area contributed by atoms with E-state index in [-0.39, 0.29) is 11.8 Å². The van der Waals surface area contributed by atoms with Crippen LogP contribution in [0.4, 0.5) is 5.69 Å². The minimum atomic E-state index is -0.177. The van der Waals surface area contributed by atoms with Crippen molar-refractivity contribution in [1.29, 1.82) is 0 Å². The maximum absolute atomic E-state index is 13.2. The van der Waals surface area contributed by atoms with Crippen LogP contribution in [0.25, 0.3) is 10.8 Å². The number of thioether (sulfide) groups is 1. The van der Waals surface area contributed by atoms with E-state index in [0.717, 1.165) is 65.6 Å². The molecule has 0 unspecified atom stereocenters. The first-order valence-corrected chi connectivity index (χ1v) is 13.6. The number of hydrogen-bond acceptors (Lipinski definition) is 5. The fraction of sp³-hybridized carbons (Fsp3) is 0.321. The molecule has 0 atom stereocenters. The first-order valence-electron chi connectivity index (χ1n) is 12.2. The number of nitrogens with zero attached hydrogens (tertiary/aromatic N) is 3. The Labute approximate surface area is 216 Å². The lowest BCUT2D eigenvalue weighted by Crippen LogP contribution is -2.47. The van der Waals surface area contributed by atoms with Gasteiger partial charge >= 0.3 is 0 Å². The monoisotopic (exact) mass is 503 g/mol. The minimum Gasteiger partial charge on any atom is -0.367 e. The number of benzene rings is 3. The molecule has 0 radical (unpaired) electrons. The Morgan fingerprint density at radius 1 is 0.886 bits per heavy atom. The number of carbonyl (C=O) groups is 2. The van der Waals surface area contributed by atoms with E-state index in [9.17, 15) is 9.59 Å². The standard InChI is InChI=1S/C28H29N3O2S2/c1-2-3-14-31-26(32)22-11-7-10-21-24(13-12-23(25(21)22)27(31)33)29-15-17-30(18-16-29)28(34)35-19-20-8-5-4-6-9-20/h4-13H,2-3,14-19H2,1H3. The van der Waals surface area contributed by atoms with Gasteiger partial charge in [0.1, 0.15) is 4.32 Å². The molecule has 3 aromatic rings. The molecule has 180 valence electrons. The average Bonchev–Trinajstić information content (AvgIpc) is 2.90. The number of piperazine rings is 1. The molecule has 5 nitrogen and oxygen atoms in total.